The van der Waals surface area contributed by atoms with E-state index in [-0.39, 0.29) is 0 Å². The lowest BCUT2D eigenvalue weighted by Crippen LogP contribution is -2.14. The molecule has 0 nitrogen and oxygen atoms in total. The van der Waals surface area contributed by atoms with Crippen LogP contribution in [0.1, 0.15) is 99.8 Å². The summed E-state index contributed by atoms with van der Waals surface area (Å²) in [6.45, 7) is 20.8. The van der Waals surface area contributed by atoms with Crippen molar-refractivity contribution >= 4 is 0 Å². The number of rotatable bonds is 14. The van der Waals surface area contributed by atoms with Gasteiger partial charge in [-0.25, -0.2) is 0 Å². The van der Waals surface area contributed by atoms with Crippen molar-refractivity contribution in [2.75, 3.05) is 0 Å². The second-order valence-corrected chi connectivity index (χ2v) is 8.75. The quantitative estimate of drug-likeness (QED) is 0.283. The first-order valence-electron chi connectivity index (χ1n) is 10.4. The summed E-state index contributed by atoms with van der Waals surface area (Å²) in [5.41, 5.74) is 0. The predicted molar refractivity (Wildman–Crippen MR) is 108 cm³/mol. The summed E-state index contributed by atoms with van der Waals surface area (Å²) in [4.78, 5) is 0. The molecule has 0 aromatic rings. The van der Waals surface area contributed by atoms with Gasteiger partial charge in [-0.2, -0.15) is 0 Å². The largest absolute Gasteiger partial charge is 0.103 e. The summed E-state index contributed by atoms with van der Waals surface area (Å²) in [5.74, 6) is 5.07. The van der Waals surface area contributed by atoms with Crippen molar-refractivity contribution in [1.82, 2.24) is 0 Å². The highest BCUT2D eigenvalue weighted by molar-refractivity contribution is 4.76. The highest BCUT2D eigenvalue weighted by Gasteiger charge is 2.17. The number of hydrogen-bond acceptors (Lipinski definition) is 0. The second-order valence-electron chi connectivity index (χ2n) is 8.75. The van der Waals surface area contributed by atoms with Crippen molar-refractivity contribution in [2.45, 2.75) is 99.8 Å². The highest BCUT2D eigenvalue weighted by atomic mass is 14.2. The normalized spacial score (nSPS) is 19.6. The third-order valence-electron chi connectivity index (χ3n) is 6.40. The van der Waals surface area contributed by atoms with Gasteiger partial charge in [0.05, 0.1) is 0 Å². The Kier molecular flexibility index (Phi) is 12.9. The van der Waals surface area contributed by atoms with Gasteiger partial charge in [0.1, 0.15) is 0 Å². The average molecular weight is 323 g/mol. The molecule has 0 radical (unpaired) electrons. The maximum atomic E-state index is 3.90. The van der Waals surface area contributed by atoms with Crippen molar-refractivity contribution in [1.29, 1.82) is 0 Å². The van der Waals surface area contributed by atoms with E-state index < -0.39 is 0 Å². The van der Waals surface area contributed by atoms with Crippen LogP contribution < -0.4 is 0 Å². The fourth-order valence-corrected chi connectivity index (χ4v) is 3.49. The number of allylic oxidation sites excluding steroid dienone is 1. The van der Waals surface area contributed by atoms with Crippen LogP contribution in [0.2, 0.25) is 0 Å². The molecule has 138 valence electrons. The van der Waals surface area contributed by atoms with Crippen LogP contribution in [0.15, 0.2) is 12.7 Å². The lowest BCUT2D eigenvalue weighted by molar-refractivity contribution is 0.260. The molecule has 0 heterocycles. The molecule has 6 atom stereocenters. The molecule has 0 aromatic heterocycles. The molecular weight excluding hydrogens is 276 g/mol. The monoisotopic (exact) mass is 322 g/mol. The summed E-state index contributed by atoms with van der Waals surface area (Å²) in [7, 11) is 0. The van der Waals surface area contributed by atoms with Gasteiger partial charge in [-0.1, -0.05) is 93.1 Å². The summed E-state index contributed by atoms with van der Waals surface area (Å²) >= 11 is 0. The van der Waals surface area contributed by atoms with Crippen molar-refractivity contribution in [3.05, 3.63) is 12.7 Å². The third-order valence-corrected chi connectivity index (χ3v) is 6.40. The molecule has 0 aliphatic rings. The minimum absolute atomic E-state index is 0.675. The van der Waals surface area contributed by atoms with Crippen molar-refractivity contribution in [3.63, 3.8) is 0 Å². The van der Waals surface area contributed by atoms with E-state index in [1.54, 1.807) is 0 Å². The summed E-state index contributed by atoms with van der Waals surface area (Å²) in [6.07, 6.45) is 13.1. The van der Waals surface area contributed by atoms with E-state index in [4.69, 9.17) is 0 Å². The minimum Gasteiger partial charge on any atom is -0.103 e. The molecule has 6 unspecified atom stereocenters. The smallest absolute Gasteiger partial charge is 0.0265 e. The minimum atomic E-state index is 0.675. The molecule has 0 heteroatoms. The van der Waals surface area contributed by atoms with Gasteiger partial charge in [0, 0.05) is 0 Å². The second kappa shape index (κ2) is 13.1. The maximum Gasteiger partial charge on any atom is -0.0265 e. The highest BCUT2D eigenvalue weighted by Crippen LogP contribution is 2.29. The molecule has 0 rings (SSSR count). The van der Waals surface area contributed by atoms with E-state index in [1.807, 2.05) is 0 Å². The van der Waals surface area contributed by atoms with Crippen LogP contribution in [0.25, 0.3) is 0 Å². The van der Waals surface area contributed by atoms with E-state index in [2.05, 4.69) is 61.1 Å². The van der Waals surface area contributed by atoms with Crippen molar-refractivity contribution in [2.24, 2.45) is 35.5 Å². The molecule has 0 N–H and O–H groups in total. The van der Waals surface area contributed by atoms with Crippen LogP contribution in [-0.2, 0) is 0 Å². The molecule has 0 saturated heterocycles. The topological polar surface area (TPSA) is 0 Å². The summed E-state index contributed by atoms with van der Waals surface area (Å²) < 4.78 is 0. The van der Waals surface area contributed by atoms with Gasteiger partial charge in [0.25, 0.3) is 0 Å². The first kappa shape index (κ1) is 22.7. The Morgan fingerprint density at radius 3 is 1.39 bits per heavy atom. The lowest BCUT2D eigenvalue weighted by atomic mass is 9.80. The fraction of sp³-hybridized carbons (Fsp3) is 0.913. The van der Waals surface area contributed by atoms with Crippen molar-refractivity contribution in [3.8, 4) is 0 Å². The van der Waals surface area contributed by atoms with E-state index in [9.17, 15) is 0 Å². The average Bonchev–Trinajstić information content (AvgIpc) is 2.54. The van der Waals surface area contributed by atoms with Gasteiger partial charge in [-0.05, 0) is 48.3 Å². The van der Waals surface area contributed by atoms with E-state index in [1.165, 1.54) is 51.4 Å². The zero-order valence-electron chi connectivity index (χ0n) is 17.4. The van der Waals surface area contributed by atoms with Gasteiger partial charge in [0.2, 0.25) is 0 Å². The number of hydrogen-bond donors (Lipinski definition) is 0. The van der Waals surface area contributed by atoms with Crippen LogP contribution in [-0.4, -0.2) is 0 Å². The van der Waals surface area contributed by atoms with Gasteiger partial charge >= 0.3 is 0 Å². The molecule has 0 fully saturated rings. The zero-order chi connectivity index (χ0) is 17.8. The van der Waals surface area contributed by atoms with Crippen LogP contribution in [0.4, 0.5) is 0 Å². The van der Waals surface area contributed by atoms with Gasteiger partial charge in [-0.3, -0.25) is 0 Å². The Hall–Kier alpha value is -0.260. The van der Waals surface area contributed by atoms with Gasteiger partial charge in [0.15, 0.2) is 0 Å². The van der Waals surface area contributed by atoms with E-state index >= 15 is 0 Å². The predicted octanol–water partition coefficient (Wildman–Crippen LogP) is 8.13. The first-order valence-corrected chi connectivity index (χ1v) is 10.4. The Morgan fingerprint density at radius 1 is 0.609 bits per heavy atom. The van der Waals surface area contributed by atoms with Crippen LogP contribution in [0, 0.1) is 35.5 Å². The Balaban J connectivity index is 3.96. The molecule has 0 aromatic carbocycles. The van der Waals surface area contributed by atoms with E-state index in [0.29, 0.717) is 5.92 Å². The zero-order valence-corrected chi connectivity index (χ0v) is 17.4. The molecule has 0 amide bonds. The first-order chi connectivity index (χ1) is 10.8. The SMILES string of the molecule is C=CC(C)CCC(C)C(C)CCC(C)C(C)CCC(C)CCC. The molecule has 23 heavy (non-hydrogen) atoms. The molecule has 0 saturated carbocycles. The van der Waals surface area contributed by atoms with Crippen LogP contribution in [0.5, 0.6) is 0 Å². The molecule has 0 bridgehead atoms. The maximum absolute atomic E-state index is 3.90. The standard InChI is InChI=1S/C23H46/c1-9-11-19(4)13-15-21(6)23(8)17-16-22(7)20(5)14-12-18(3)10-2/h10,18-23H,2,9,11-17H2,1,3-8H3. The van der Waals surface area contributed by atoms with E-state index in [0.717, 1.165) is 29.6 Å². The molecule has 0 aliphatic carbocycles. The van der Waals surface area contributed by atoms with Crippen LogP contribution >= 0.6 is 0 Å². The fourth-order valence-electron chi connectivity index (χ4n) is 3.49. The Bertz CT molecular complexity index is 280. The van der Waals surface area contributed by atoms with Gasteiger partial charge < -0.3 is 0 Å². The summed E-state index contributed by atoms with van der Waals surface area (Å²) in [5, 5.41) is 0. The molecular formula is C23H46. The van der Waals surface area contributed by atoms with Crippen molar-refractivity contribution < 1.29 is 0 Å². The van der Waals surface area contributed by atoms with Gasteiger partial charge in [-0.15, -0.1) is 6.58 Å². The Labute approximate surface area is 148 Å². The Morgan fingerprint density at radius 2 is 1.00 bits per heavy atom. The third kappa shape index (κ3) is 11.0. The lowest BCUT2D eigenvalue weighted by Gasteiger charge is -2.25. The molecule has 0 spiro atoms. The summed E-state index contributed by atoms with van der Waals surface area (Å²) in [6, 6.07) is 0. The molecule has 0 aliphatic heterocycles. The van der Waals surface area contributed by atoms with Crippen LogP contribution in [0.3, 0.4) is 0 Å².